The first-order chi connectivity index (χ1) is 20.9. The van der Waals surface area contributed by atoms with Crippen LogP contribution in [-0.2, 0) is 27.8 Å². The second-order valence-electron chi connectivity index (χ2n) is 10.3. The van der Waals surface area contributed by atoms with Gasteiger partial charge in [0.1, 0.15) is 0 Å². The zero-order chi connectivity index (χ0) is 32.0. The van der Waals surface area contributed by atoms with Crippen molar-refractivity contribution in [1.82, 2.24) is 20.1 Å². The van der Waals surface area contributed by atoms with E-state index in [1.54, 1.807) is 78.9 Å². The van der Waals surface area contributed by atoms with E-state index in [0.29, 0.717) is 28.7 Å². The van der Waals surface area contributed by atoms with Crippen molar-refractivity contribution in [1.29, 1.82) is 0 Å². The number of rotatable bonds is 13. The van der Waals surface area contributed by atoms with Crippen molar-refractivity contribution in [3.63, 3.8) is 0 Å². The molecule has 0 aliphatic rings. The van der Waals surface area contributed by atoms with Crippen molar-refractivity contribution in [2.24, 2.45) is 5.14 Å². The van der Waals surface area contributed by atoms with Gasteiger partial charge in [0.25, 0.3) is 5.91 Å². The fourth-order valence-corrected chi connectivity index (χ4v) is 5.91. The topological polar surface area (TPSA) is 195 Å². The van der Waals surface area contributed by atoms with E-state index in [-0.39, 0.29) is 30.1 Å². The van der Waals surface area contributed by atoms with Gasteiger partial charge in [-0.25, -0.2) is 28.0 Å². The minimum Gasteiger partial charge on any atom is -0.479 e. The molecule has 4 rings (SSSR count). The van der Waals surface area contributed by atoms with Crippen LogP contribution in [0.15, 0.2) is 78.9 Å². The van der Waals surface area contributed by atoms with Gasteiger partial charge in [0, 0.05) is 12.1 Å². The van der Waals surface area contributed by atoms with E-state index < -0.39 is 45.1 Å². The van der Waals surface area contributed by atoms with Crippen molar-refractivity contribution in [2.45, 2.75) is 50.6 Å². The van der Waals surface area contributed by atoms with Crippen LogP contribution in [0.3, 0.4) is 0 Å². The number of amides is 1. The molecule has 4 aromatic rings. The predicted octanol–water partition coefficient (Wildman–Crippen LogP) is 2.72. The van der Waals surface area contributed by atoms with Crippen LogP contribution in [0, 0.1) is 0 Å². The molecule has 44 heavy (non-hydrogen) atoms. The Balaban J connectivity index is 1.70. The highest BCUT2D eigenvalue weighted by atomic mass is 32.2. The maximum Gasteiger partial charge on any atom is 0.334 e. The molecule has 0 spiro atoms. The Morgan fingerprint density at radius 3 is 2.20 bits per heavy atom. The molecule has 13 heteroatoms. The van der Waals surface area contributed by atoms with E-state index in [0.717, 1.165) is 0 Å². The summed E-state index contributed by atoms with van der Waals surface area (Å²) in [6, 6.07) is 21.0. The third kappa shape index (κ3) is 7.43. The van der Waals surface area contributed by atoms with E-state index in [1.807, 2.05) is 6.92 Å². The summed E-state index contributed by atoms with van der Waals surface area (Å²) >= 11 is 0. The van der Waals surface area contributed by atoms with E-state index in [1.165, 1.54) is 11.6 Å². The number of carboxylic acids is 1. The van der Waals surface area contributed by atoms with Gasteiger partial charge in [-0.15, -0.1) is 5.10 Å². The number of nitrogens with two attached hydrogens (primary N) is 1. The summed E-state index contributed by atoms with van der Waals surface area (Å²) in [5.41, 5.74) is 2.81. The predicted molar refractivity (Wildman–Crippen MR) is 162 cm³/mol. The van der Waals surface area contributed by atoms with E-state index in [9.17, 15) is 33.0 Å². The van der Waals surface area contributed by atoms with Gasteiger partial charge >= 0.3 is 5.97 Å². The molecule has 3 unspecified atom stereocenters. The van der Waals surface area contributed by atoms with Crippen LogP contribution in [0.1, 0.15) is 63.4 Å². The first kappa shape index (κ1) is 32.2. The zero-order valence-corrected chi connectivity index (χ0v) is 24.9. The summed E-state index contributed by atoms with van der Waals surface area (Å²) in [5, 5.41) is 30.6. The number of carbonyl (C=O) groups is 3. The maximum atomic E-state index is 13.3. The molecule has 5 N–H and O–H groups in total. The van der Waals surface area contributed by atoms with Crippen molar-refractivity contribution in [3.8, 4) is 11.1 Å². The molecule has 0 radical (unpaired) electrons. The lowest BCUT2D eigenvalue weighted by atomic mass is 9.96. The lowest BCUT2D eigenvalue weighted by molar-refractivity contribution is -0.148. The van der Waals surface area contributed by atoms with Crippen LogP contribution in [0.5, 0.6) is 0 Å². The second kappa shape index (κ2) is 13.7. The number of benzene rings is 3. The van der Waals surface area contributed by atoms with Gasteiger partial charge in [0.05, 0.1) is 6.04 Å². The quantitative estimate of drug-likeness (QED) is 0.163. The van der Waals surface area contributed by atoms with Gasteiger partial charge in [-0.05, 0) is 42.0 Å². The second-order valence-corrected chi connectivity index (χ2v) is 11.9. The zero-order valence-electron chi connectivity index (χ0n) is 24.1. The van der Waals surface area contributed by atoms with E-state index in [4.69, 9.17) is 5.14 Å². The average molecular weight is 620 g/mol. The van der Waals surface area contributed by atoms with Gasteiger partial charge in [-0.1, -0.05) is 85.8 Å². The normalized spacial score (nSPS) is 13.5. The molecule has 0 fully saturated rings. The number of primary sulfonamides is 1. The number of carbonyl (C=O) groups excluding carboxylic acids is 2. The Morgan fingerprint density at radius 1 is 0.977 bits per heavy atom. The highest BCUT2D eigenvalue weighted by Crippen LogP contribution is 2.31. The third-order valence-corrected chi connectivity index (χ3v) is 8.12. The van der Waals surface area contributed by atoms with E-state index in [2.05, 4.69) is 15.4 Å². The molecule has 12 nitrogen and oxygen atoms in total. The first-order valence-electron chi connectivity index (χ1n) is 13.8. The van der Waals surface area contributed by atoms with Crippen LogP contribution >= 0.6 is 0 Å². The SMILES string of the molecule is CCCn1nc(C(=O)NC(Cc2ccccc2)C(O)C(=O)O)nc1C(c1ccc(-c2ccccc2C(C)=O)cc1)S(N)(=O)=O. The van der Waals surface area contributed by atoms with Crippen molar-refractivity contribution in [2.75, 3.05) is 0 Å². The number of carboxylic acid groups (broad SMARTS) is 1. The number of nitrogens with one attached hydrogen (secondary N) is 1. The Labute approximate surface area is 254 Å². The number of aliphatic hydroxyl groups excluding tert-OH is 1. The fourth-order valence-electron chi connectivity index (χ4n) is 4.90. The van der Waals surface area contributed by atoms with Crippen LogP contribution in [0.2, 0.25) is 0 Å². The minimum absolute atomic E-state index is 0.00147. The van der Waals surface area contributed by atoms with Crippen molar-refractivity contribution in [3.05, 3.63) is 107 Å². The molecule has 0 saturated heterocycles. The number of Topliss-reactive ketones (excluding diaryl/α,β-unsaturated/α-hetero) is 1. The molecule has 1 aromatic heterocycles. The fraction of sp³-hybridized carbons (Fsp3) is 0.258. The van der Waals surface area contributed by atoms with Crippen molar-refractivity contribution >= 4 is 27.7 Å². The number of aryl methyl sites for hydroxylation is 1. The standard InChI is InChI=1S/C31H33N5O7S/c1-3-17-36-29(34-28(35-36)30(39)33-25(26(38)31(40)41)18-20-9-5-4-6-10-20)27(44(32,42)43)22-15-13-21(14-16-22)24-12-8-7-11-23(24)19(2)37/h4-16,25-27,38H,3,17-18H2,1-2H3,(H,33,39)(H,40,41)(H2,32,42,43). The molecule has 0 bridgehead atoms. The number of hydrogen-bond donors (Lipinski definition) is 4. The smallest absolute Gasteiger partial charge is 0.334 e. The first-order valence-corrected chi connectivity index (χ1v) is 15.4. The van der Waals surface area contributed by atoms with Crippen molar-refractivity contribution < 1.29 is 33.0 Å². The maximum absolute atomic E-state index is 13.3. The summed E-state index contributed by atoms with van der Waals surface area (Å²) in [6.07, 6.45) is -1.41. The minimum atomic E-state index is -4.34. The number of aliphatic hydroxyl groups is 1. The van der Waals surface area contributed by atoms with Gasteiger partial charge in [0.15, 0.2) is 23.0 Å². The number of hydrogen-bond acceptors (Lipinski definition) is 8. The number of ketones is 1. The molecular weight excluding hydrogens is 586 g/mol. The molecule has 1 heterocycles. The summed E-state index contributed by atoms with van der Waals surface area (Å²) < 4.78 is 27.2. The third-order valence-electron chi connectivity index (χ3n) is 6.98. The number of sulfonamides is 1. The van der Waals surface area contributed by atoms with Gasteiger partial charge in [0.2, 0.25) is 15.8 Å². The lowest BCUT2D eigenvalue weighted by Crippen LogP contribution is -2.48. The lowest BCUT2D eigenvalue weighted by Gasteiger charge is -2.21. The van der Waals surface area contributed by atoms with Crippen LogP contribution < -0.4 is 10.5 Å². The molecule has 3 atom stereocenters. The van der Waals surface area contributed by atoms with E-state index >= 15 is 0 Å². The Bertz CT molecular complexity index is 1760. The average Bonchev–Trinajstić information content (AvgIpc) is 3.40. The van der Waals surface area contributed by atoms with Crippen LogP contribution in [0.4, 0.5) is 0 Å². The van der Waals surface area contributed by atoms with Gasteiger partial charge < -0.3 is 15.5 Å². The number of aliphatic carboxylic acids is 1. The summed E-state index contributed by atoms with van der Waals surface area (Å²) in [6.45, 7) is 3.50. The largest absolute Gasteiger partial charge is 0.479 e. The molecular formula is C31H33N5O7S. The highest BCUT2D eigenvalue weighted by molar-refractivity contribution is 7.89. The molecule has 0 aliphatic carbocycles. The molecule has 3 aromatic carbocycles. The van der Waals surface area contributed by atoms with Crippen LogP contribution in [-0.4, -0.2) is 63.2 Å². The molecule has 0 saturated carbocycles. The summed E-state index contributed by atoms with van der Waals surface area (Å²) in [4.78, 5) is 41.2. The molecule has 0 aliphatic heterocycles. The van der Waals surface area contributed by atoms with Gasteiger partial charge in [-0.2, -0.15) is 0 Å². The summed E-state index contributed by atoms with van der Waals surface area (Å²) in [7, 11) is -4.34. The molecule has 230 valence electrons. The Morgan fingerprint density at radius 2 is 1.61 bits per heavy atom. The summed E-state index contributed by atoms with van der Waals surface area (Å²) in [5.74, 6) is -3.06. The van der Waals surface area contributed by atoms with Gasteiger partial charge in [-0.3, -0.25) is 9.59 Å². The monoisotopic (exact) mass is 619 g/mol. The number of nitrogens with zero attached hydrogens (tertiary/aromatic N) is 3. The Hall–Kier alpha value is -4.72. The van der Waals surface area contributed by atoms with Crippen LogP contribution in [0.25, 0.3) is 11.1 Å². The highest BCUT2D eigenvalue weighted by Gasteiger charge is 2.34. The number of aromatic nitrogens is 3. The Kier molecular flexibility index (Phi) is 10.0. The molecule has 1 amide bonds.